The van der Waals surface area contributed by atoms with Gasteiger partial charge in [0.25, 0.3) is 0 Å². The molecular formula is C19H25ClFN3O2. The van der Waals surface area contributed by atoms with Crippen LogP contribution in [0.4, 0.5) is 9.18 Å². The summed E-state index contributed by atoms with van der Waals surface area (Å²) in [5.74, 6) is -0.193. The number of nitrogens with zero attached hydrogens (tertiary/aromatic N) is 2. The zero-order chi connectivity index (χ0) is 18.7. The second-order valence-corrected chi connectivity index (χ2v) is 7.55. The molecule has 1 N–H and O–H groups in total. The standard InChI is InChI=1S/C19H25ClFN3O2/c1-13(15-4-5-17(21)16(20)12-15)22-19(26)24-10-6-14(7-11-24)18(25)23-8-2-3-9-23/h4-5,12-14H,2-3,6-11H2,1H3,(H,22,26). The number of rotatable bonds is 3. The van der Waals surface area contributed by atoms with E-state index in [0.29, 0.717) is 25.9 Å². The average Bonchev–Trinajstić information content (AvgIpc) is 3.18. The summed E-state index contributed by atoms with van der Waals surface area (Å²) < 4.78 is 13.3. The van der Waals surface area contributed by atoms with Gasteiger partial charge in [-0.2, -0.15) is 0 Å². The van der Waals surface area contributed by atoms with E-state index >= 15 is 0 Å². The molecule has 0 spiro atoms. The minimum Gasteiger partial charge on any atom is -0.342 e. The molecule has 2 aliphatic heterocycles. The highest BCUT2D eigenvalue weighted by atomic mass is 35.5. The quantitative estimate of drug-likeness (QED) is 0.870. The van der Waals surface area contributed by atoms with Crippen LogP contribution in [0.25, 0.3) is 0 Å². The molecule has 0 bridgehead atoms. The van der Waals surface area contributed by atoms with Crippen molar-refractivity contribution < 1.29 is 14.0 Å². The first-order chi connectivity index (χ1) is 12.5. The molecule has 0 saturated carbocycles. The van der Waals surface area contributed by atoms with Crippen molar-refractivity contribution in [3.63, 3.8) is 0 Å². The first-order valence-electron chi connectivity index (χ1n) is 9.25. The number of amides is 3. The Kier molecular flexibility index (Phi) is 6.01. The molecule has 1 aromatic rings. The Balaban J connectivity index is 1.50. The Morgan fingerprint density at radius 3 is 2.42 bits per heavy atom. The van der Waals surface area contributed by atoms with Crippen molar-refractivity contribution in [1.82, 2.24) is 15.1 Å². The summed E-state index contributed by atoms with van der Waals surface area (Å²) in [4.78, 5) is 28.6. The van der Waals surface area contributed by atoms with Gasteiger partial charge in [0.15, 0.2) is 0 Å². The summed E-state index contributed by atoms with van der Waals surface area (Å²) in [6.07, 6.45) is 3.61. The van der Waals surface area contributed by atoms with Gasteiger partial charge in [-0.3, -0.25) is 4.79 Å². The first-order valence-corrected chi connectivity index (χ1v) is 9.62. The normalized spacial score (nSPS) is 19.5. The number of benzene rings is 1. The lowest BCUT2D eigenvalue weighted by Crippen LogP contribution is -2.47. The largest absolute Gasteiger partial charge is 0.342 e. The van der Waals surface area contributed by atoms with Gasteiger partial charge in [-0.15, -0.1) is 0 Å². The monoisotopic (exact) mass is 381 g/mol. The van der Waals surface area contributed by atoms with Gasteiger partial charge in [0.1, 0.15) is 5.82 Å². The Labute approximate surface area is 158 Å². The third-order valence-electron chi connectivity index (χ3n) is 5.33. The van der Waals surface area contributed by atoms with Crippen LogP contribution in [0.3, 0.4) is 0 Å². The summed E-state index contributed by atoms with van der Waals surface area (Å²) in [7, 11) is 0. The van der Waals surface area contributed by atoms with Crippen LogP contribution in [0.15, 0.2) is 18.2 Å². The molecule has 1 unspecified atom stereocenters. The SMILES string of the molecule is CC(NC(=O)N1CCC(C(=O)N2CCCC2)CC1)c1ccc(F)c(Cl)c1. The van der Waals surface area contributed by atoms with Gasteiger partial charge >= 0.3 is 6.03 Å². The van der Waals surface area contributed by atoms with E-state index in [0.717, 1.165) is 31.5 Å². The predicted octanol–water partition coefficient (Wildman–Crippen LogP) is 3.58. The number of urea groups is 1. The van der Waals surface area contributed by atoms with Gasteiger partial charge in [0.05, 0.1) is 11.1 Å². The fourth-order valence-electron chi connectivity index (χ4n) is 3.67. The van der Waals surface area contributed by atoms with Crippen molar-refractivity contribution >= 4 is 23.5 Å². The summed E-state index contributed by atoms with van der Waals surface area (Å²) in [6, 6.07) is 4.01. The van der Waals surface area contributed by atoms with E-state index in [4.69, 9.17) is 11.6 Å². The van der Waals surface area contributed by atoms with Crippen LogP contribution < -0.4 is 5.32 Å². The van der Waals surface area contributed by atoms with Gasteiger partial charge in [0, 0.05) is 32.1 Å². The van der Waals surface area contributed by atoms with Crippen molar-refractivity contribution in [2.45, 2.75) is 38.6 Å². The fourth-order valence-corrected chi connectivity index (χ4v) is 3.86. The fraction of sp³-hybridized carbons (Fsp3) is 0.579. The van der Waals surface area contributed by atoms with Crippen molar-refractivity contribution in [1.29, 1.82) is 0 Å². The molecule has 0 aromatic heterocycles. The third kappa shape index (κ3) is 4.29. The van der Waals surface area contributed by atoms with Crippen LogP contribution in [0.2, 0.25) is 5.02 Å². The Morgan fingerprint density at radius 1 is 1.15 bits per heavy atom. The van der Waals surface area contributed by atoms with E-state index in [1.165, 1.54) is 12.1 Å². The molecule has 2 saturated heterocycles. The van der Waals surface area contributed by atoms with Gasteiger partial charge in [-0.05, 0) is 50.3 Å². The topological polar surface area (TPSA) is 52.7 Å². The maximum absolute atomic E-state index is 13.3. The minimum atomic E-state index is -0.473. The highest BCUT2D eigenvalue weighted by molar-refractivity contribution is 6.30. The summed E-state index contributed by atoms with van der Waals surface area (Å²) >= 11 is 5.81. The Bertz CT molecular complexity index is 671. The Hall–Kier alpha value is -1.82. The van der Waals surface area contributed by atoms with E-state index in [2.05, 4.69) is 5.32 Å². The molecule has 2 aliphatic rings. The molecule has 0 radical (unpaired) electrons. The van der Waals surface area contributed by atoms with Gasteiger partial charge in [-0.25, -0.2) is 9.18 Å². The molecule has 0 aliphatic carbocycles. The van der Waals surface area contributed by atoms with Crippen LogP contribution in [-0.4, -0.2) is 47.9 Å². The van der Waals surface area contributed by atoms with Crippen molar-refractivity contribution in [3.05, 3.63) is 34.6 Å². The maximum atomic E-state index is 13.3. The molecule has 2 heterocycles. The van der Waals surface area contributed by atoms with E-state index < -0.39 is 5.82 Å². The molecule has 1 aromatic carbocycles. The second-order valence-electron chi connectivity index (χ2n) is 7.14. The predicted molar refractivity (Wildman–Crippen MR) is 98.5 cm³/mol. The number of carbonyl (C=O) groups excluding carboxylic acids is 2. The van der Waals surface area contributed by atoms with E-state index in [1.807, 2.05) is 11.8 Å². The lowest BCUT2D eigenvalue weighted by molar-refractivity contribution is -0.135. The lowest BCUT2D eigenvalue weighted by Gasteiger charge is -2.33. The molecule has 142 valence electrons. The number of hydrogen-bond donors (Lipinski definition) is 1. The molecule has 3 rings (SSSR count). The Morgan fingerprint density at radius 2 is 1.81 bits per heavy atom. The molecule has 1 atom stereocenters. The van der Waals surface area contributed by atoms with Crippen LogP contribution in [0, 0.1) is 11.7 Å². The van der Waals surface area contributed by atoms with Crippen molar-refractivity contribution in [2.24, 2.45) is 5.92 Å². The summed E-state index contributed by atoms with van der Waals surface area (Å²) in [5, 5.41) is 2.97. The van der Waals surface area contributed by atoms with Crippen molar-refractivity contribution in [3.8, 4) is 0 Å². The third-order valence-corrected chi connectivity index (χ3v) is 5.62. The molecule has 2 fully saturated rings. The summed E-state index contributed by atoms with van der Waals surface area (Å²) in [5.41, 5.74) is 0.754. The van der Waals surface area contributed by atoms with Crippen molar-refractivity contribution in [2.75, 3.05) is 26.2 Å². The first kappa shape index (κ1) is 19.0. The highest BCUT2D eigenvalue weighted by Gasteiger charge is 2.31. The van der Waals surface area contributed by atoms with Crippen LogP contribution in [0.1, 0.15) is 44.2 Å². The maximum Gasteiger partial charge on any atom is 0.317 e. The molecule has 26 heavy (non-hydrogen) atoms. The van der Waals surface area contributed by atoms with Crippen LogP contribution >= 0.6 is 11.6 Å². The summed E-state index contributed by atoms with van der Waals surface area (Å²) in [6.45, 7) is 4.74. The highest BCUT2D eigenvalue weighted by Crippen LogP contribution is 2.24. The minimum absolute atomic E-state index is 0.0329. The molecule has 5 nitrogen and oxygen atoms in total. The van der Waals surface area contributed by atoms with Gasteiger partial charge in [0.2, 0.25) is 5.91 Å². The second kappa shape index (κ2) is 8.25. The van der Waals surface area contributed by atoms with E-state index in [1.54, 1.807) is 11.0 Å². The smallest absolute Gasteiger partial charge is 0.317 e. The van der Waals surface area contributed by atoms with Crippen LogP contribution in [-0.2, 0) is 4.79 Å². The number of piperidine rings is 1. The number of likely N-dealkylation sites (tertiary alicyclic amines) is 2. The van der Waals surface area contributed by atoms with E-state index in [-0.39, 0.29) is 28.9 Å². The van der Waals surface area contributed by atoms with Gasteiger partial charge in [-0.1, -0.05) is 17.7 Å². The number of halogens is 2. The zero-order valence-corrected chi connectivity index (χ0v) is 15.8. The van der Waals surface area contributed by atoms with E-state index in [9.17, 15) is 14.0 Å². The molecular weight excluding hydrogens is 357 g/mol. The number of nitrogens with one attached hydrogen (secondary N) is 1. The average molecular weight is 382 g/mol. The lowest BCUT2D eigenvalue weighted by atomic mass is 9.95. The number of hydrogen-bond acceptors (Lipinski definition) is 2. The van der Waals surface area contributed by atoms with Gasteiger partial charge < -0.3 is 15.1 Å². The molecule has 7 heteroatoms. The zero-order valence-electron chi connectivity index (χ0n) is 15.0. The molecule has 3 amide bonds. The van der Waals surface area contributed by atoms with Crippen LogP contribution in [0.5, 0.6) is 0 Å². The number of carbonyl (C=O) groups is 2.